The molecule has 0 spiro atoms. The minimum Gasteiger partial charge on any atom is -0.478 e. The van der Waals surface area contributed by atoms with Crippen molar-refractivity contribution in [1.82, 2.24) is 5.32 Å². The Morgan fingerprint density at radius 1 is 1.06 bits per heavy atom. The quantitative estimate of drug-likeness (QED) is 0.477. The molecule has 0 atom stereocenters. The number of hydrogen-bond donors (Lipinski definition) is 2. The number of halogens is 1. The van der Waals surface area contributed by atoms with E-state index in [1.807, 2.05) is 0 Å². The number of anilines is 1. The predicted molar refractivity (Wildman–Crippen MR) is 111 cm³/mol. The van der Waals surface area contributed by atoms with Crippen LogP contribution >= 0.6 is 0 Å². The second-order valence-corrected chi connectivity index (χ2v) is 6.92. The number of carbonyl (C=O) groups is 4. The normalized spacial score (nSPS) is 15.2. The molecule has 3 aromatic rings. The Bertz CT molecular complexity index is 1310. The summed E-state index contributed by atoms with van der Waals surface area (Å²) in [5.74, 6) is -2.93. The van der Waals surface area contributed by atoms with Crippen LogP contribution in [0.15, 0.2) is 64.6 Å². The summed E-state index contributed by atoms with van der Waals surface area (Å²) in [5, 5.41) is 11.4. The van der Waals surface area contributed by atoms with E-state index in [1.165, 1.54) is 30.3 Å². The van der Waals surface area contributed by atoms with Crippen molar-refractivity contribution in [3.05, 3.63) is 82.9 Å². The number of rotatable bonds is 4. The fraction of sp³-hybridized carbons (Fsp3) is 0.0435. The van der Waals surface area contributed by atoms with Gasteiger partial charge in [0.1, 0.15) is 22.9 Å². The minimum atomic E-state index is -1.08. The van der Waals surface area contributed by atoms with Gasteiger partial charge in [0.05, 0.1) is 11.3 Å². The van der Waals surface area contributed by atoms with Crippen LogP contribution in [-0.4, -0.2) is 28.9 Å². The summed E-state index contributed by atoms with van der Waals surface area (Å²) in [4.78, 5) is 49.4. The van der Waals surface area contributed by atoms with Gasteiger partial charge in [-0.15, -0.1) is 0 Å². The number of furan rings is 1. The zero-order valence-corrected chi connectivity index (χ0v) is 16.6. The third-order valence-electron chi connectivity index (χ3n) is 4.93. The summed E-state index contributed by atoms with van der Waals surface area (Å²) in [6.45, 7) is 1.64. The van der Waals surface area contributed by atoms with Gasteiger partial charge in [0, 0.05) is 5.56 Å². The zero-order valence-electron chi connectivity index (χ0n) is 16.6. The lowest BCUT2D eigenvalue weighted by Gasteiger charge is -2.26. The van der Waals surface area contributed by atoms with Gasteiger partial charge in [-0.1, -0.05) is 12.1 Å². The maximum Gasteiger partial charge on any atom is 0.335 e. The summed E-state index contributed by atoms with van der Waals surface area (Å²) in [7, 11) is 0. The predicted octanol–water partition coefficient (Wildman–Crippen LogP) is 3.76. The topological polar surface area (TPSA) is 117 Å². The molecule has 2 N–H and O–H groups in total. The Labute approximate surface area is 180 Å². The number of carboxylic acid groups (broad SMARTS) is 1. The van der Waals surface area contributed by atoms with Crippen LogP contribution in [0.4, 0.5) is 14.9 Å². The molecule has 4 amide bonds. The van der Waals surface area contributed by atoms with Crippen LogP contribution < -0.4 is 10.2 Å². The van der Waals surface area contributed by atoms with Gasteiger partial charge in [-0.3, -0.25) is 14.9 Å². The Hall–Kier alpha value is -4.53. The van der Waals surface area contributed by atoms with Gasteiger partial charge in [-0.05, 0) is 61.0 Å². The highest BCUT2D eigenvalue weighted by molar-refractivity contribution is 6.39. The average molecular weight is 434 g/mol. The van der Waals surface area contributed by atoms with Gasteiger partial charge < -0.3 is 9.52 Å². The Kier molecular flexibility index (Phi) is 5.15. The average Bonchev–Trinajstić information content (AvgIpc) is 3.21. The molecule has 1 aliphatic heterocycles. The van der Waals surface area contributed by atoms with E-state index < -0.39 is 29.6 Å². The highest BCUT2D eigenvalue weighted by Crippen LogP contribution is 2.29. The van der Waals surface area contributed by atoms with E-state index in [0.717, 1.165) is 17.0 Å². The first-order chi connectivity index (χ1) is 15.3. The SMILES string of the molecule is Cc1c(C(=O)O)cccc1-c1ccc(C=C2C(=O)NC(=O)N(c3ccc(F)cc3)C2=O)o1. The van der Waals surface area contributed by atoms with Gasteiger partial charge in [0.15, 0.2) is 0 Å². The molecule has 160 valence electrons. The molecular formula is C23H15FN2O6. The molecule has 8 nitrogen and oxygen atoms in total. The number of hydrogen-bond acceptors (Lipinski definition) is 5. The summed E-state index contributed by atoms with van der Waals surface area (Å²) < 4.78 is 18.9. The van der Waals surface area contributed by atoms with Gasteiger partial charge in [-0.2, -0.15) is 0 Å². The lowest BCUT2D eigenvalue weighted by atomic mass is 10.0. The molecule has 1 saturated heterocycles. The van der Waals surface area contributed by atoms with E-state index in [-0.39, 0.29) is 22.6 Å². The molecule has 1 aromatic heterocycles. The minimum absolute atomic E-state index is 0.0912. The number of carbonyl (C=O) groups excluding carboxylic acids is 3. The molecule has 2 aromatic carbocycles. The number of benzene rings is 2. The zero-order chi connectivity index (χ0) is 23.0. The molecule has 0 radical (unpaired) electrons. The second kappa shape index (κ2) is 7.95. The number of carboxylic acids is 1. The molecule has 0 bridgehead atoms. The highest BCUT2D eigenvalue weighted by Gasteiger charge is 2.37. The second-order valence-electron chi connectivity index (χ2n) is 6.92. The smallest absolute Gasteiger partial charge is 0.335 e. The molecule has 0 aliphatic carbocycles. The first kappa shape index (κ1) is 20.7. The summed E-state index contributed by atoms with van der Waals surface area (Å²) >= 11 is 0. The molecule has 32 heavy (non-hydrogen) atoms. The van der Waals surface area contributed by atoms with Crippen LogP contribution in [0.5, 0.6) is 0 Å². The first-order valence-electron chi connectivity index (χ1n) is 9.36. The third-order valence-corrected chi connectivity index (χ3v) is 4.93. The van der Waals surface area contributed by atoms with Crippen LogP contribution in [0.25, 0.3) is 17.4 Å². The summed E-state index contributed by atoms with van der Waals surface area (Å²) in [6.07, 6.45) is 1.18. The van der Waals surface area contributed by atoms with Crippen molar-refractivity contribution in [1.29, 1.82) is 0 Å². The van der Waals surface area contributed by atoms with Crippen molar-refractivity contribution < 1.29 is 33.1 Å². The van der Waals surface area contributed by atoms with Crippen LogP contribution in [-0.2, 0) is 9.59 Å². The van der Waals surface area contributed by atoms with Crippen molar-refractivity contribution in [2.45, 2.75) is 6.92 Å². The third kappa shape index (κ3) is 3.67. The van der Waals surface area contributed by atoms with Crippen molar-refractivity contribution in [2.24, 2.45) is 0 Å². The van der Waals surface area contributed by atoms with Crippen molar-refractivity contribution in [3.63, 3.8) is 0 Å². The van der Waals surface area contributed by atoms with E-state index in [4.69, 9.17) is 4.42 Å². The van der Waals surface area contributed by atoms with Crippen molar-refractivity contribution in [3.8, 4) is 11.3 Å². The number of aromatic carboxylic acids is 1. The summed E-state index contributed by atoms with van der Waals surface area (Å²) in [6, 6.07) is 11.5. The largest absolute Gasteiger partial charge is 0.478 e. The van der Waals surface area contributed by atoms with Gasteiger partial charge in [0.2, 0.25) is 0 Å². The summed E-state index contributed by atoms with van der Waals surface area (Å²) in [5.41, 5.74) is 0.888. The van der Waals surface area contributed by atoms with Crippen molar-refractivity contribution >= 4 is 35.6 Å². The fourth-order valence-corrected chi connectivity index (χ4v) is 3.33. The van der Waals surface area contributed by atoms with E-state index in [2.05, 4.69) is 5.32 Å². The van der Waals surface area contributed by atoms with E-state index in [9.17, 15) is 28.7 Å². The van der Waals surface area contributed by atoms with E-state index in [1.54, 1.807) is 25.1 Å². The number of amides is 4. The van der Waals surface area contributed by atoms with E-state index >= 15 is 0 Å². The Balaban J connectivity index is 1.69. The standard InChI is InChI=1S/C23H15FN2O6/c1-12-16(3-2-4-17(12)22(29)30)19-10-9-15(32-19)11-18-20(27)25-23(31)26(21(18)28)14-7-5-13(24)6-8-14/h2-11H,1H3,(H,29,30)(H,25,27,31). The first-order valence-corrected chi connectivity index (χ1v) is 9.36. The maximum atomic E-state index is 13.2. The van der Waals surface area contributed by atoms with Crippen LogP contribution in [0.2, 0.25) is 0 Å². The van der Waals surface area contributed by atoms with Crippen LogP contribution in [0, 0.1) is 12.7 Å². The molecule has 9 heteroatoms. The maximum absolute atomic E-state index is 13.2. The number of imide groups is 2. The lowest BCUT2D eigenvalue weighted by Crippen LogP contribution is -2.54. The molecule has 2 heterocycles. The lowest BCUT2D eigenvalue weighted by molar-refractivity contribution is -0.122. The molecule has 4 rings (SSSR count). The van der Waals surface area contributed by atoms with Crippen LogP contribution in [0.3, 0.4) is 0 Å². The van der Waals surface area contributed by atoms with E-state index in [0.29, 0.717) is 16.9 Å². The number of nitrogens with one attached hydrogen (secondary N) is 1. The molecule has 0 unspecified atom stereocenters. The van der Waals surface area contributed by atoms with Gasteiger partial charge >= 0.3 is 12.0 Å². The van der Waals surface area contributed by atoms with Gasteiger partial charge in [0.25, 0.3) is 11.8 Å². The number of barbiturate groups is 1. The highest BCUT2D eigenvalue weighted by atomic mass is 19.1. The number of nitrogens with zero attached hydrogens (tertiary/aromatic N) is 1. The van der Waals surface area contributed by atoms with Crippen molar-refractivity contribution in [2.75, 3.05) is 4.90 Å². The Morgan fingerprint density at radius 3 is 2.47 bits per heavy atom. The fourth-order valence-electron chi connectivity index (χ4n) is 3.33. The molecule has 1 aliphatic rings. The molecular weight excluding hydrogens is 419 g/mol. The van der Waals surface area contributed by atoms with Gasteiger partial charge in [-0.25, -0.2) is 18.9 Å². The van der Waals surface area contributed by atoms with Crippen LogP contribution in [0.1, 0.15) is 21.7 Å². The number of urea groups is 1. The molecule has 1 fully saturated rings. The molecule has 0 saturated carbocycles. The Morgan fingerprint density at radius 2 is 1.78 bits per heavy atom. The monoisotopic (exact) mass is 434 g/mol.